The smallest absolute Gasteiger partial charge is 0.132 e. The van der Waals surface area contributed by atoms with Gasteiger partial charge in [-0.3, -0.25) is 0 Å². The lowest BCUT2D eigenvalue weighted by molar-refractivity contribution is 0.970. The van der Waals surface area contributed by atoms with E-state index in [9.17, 15) is 0 Å². The third kappa shape index (κ3) is 3.87. The second kappa shape index (κ2) is 6.58. The predicted molar refractivity (Wildman–Crippen MR) is 85.5 cm³/mol. The van der Waals surface area contributed by atoms with Gasteiger partial charge in [0.15, 0.2) is 0 Å². The molecule has 0 aliphatic heterocycles. The minimum absolute atomic E-state index is 0.859. The van der Waals surface area contributed by atoms with E-state index >= 15 is 0 Å². The van der Waals surface area contributed by atoms with Gasteiger partial charge in [-0.15, -0.1) is 0 Å². The maximum Gasteiger partial charge on any atom is 0.132 e. The topological polar surface area (TPSA) is 37.0 Å². The summed E-state index contributed by atoms with van der Waals surface area (Å²) in [6, 6.07) is 14.2. The van der Waals surface area contributed by atoms with Gasteiger partial charge in [-0.1, -0.05) is 19.1 Å². The highest BCUT2D eigenvalue weighted by Gasteiger charge is 1.98. The first-order valence-electron chi connectivity index (χ1n) is 6.01. The van der Waals surface area contributed by atoms with Crippen LogP contribution in [0.5, 0.6) is 0 Å². The molecule has 0 radical (unpaired) electrons. The number of benzene rings is 1. The molecule has 2 aromatic rings. The van der Waals surface area contributed by atoms with Crippen LogP contribution in [-0.2, 0) is 0 Å². The molecule has 1 aromatic carbocycles. The lowest BCUT2D eigenvalue weighted by Crippen LogP contribution is -2.03. The van der Waals surface area contributed by atoms with Gasteiger partial charge in [0, 0.05) is 15.8 Å². The number of pyridine rings is 1. The van der Waals surface area contributed by atoms with E-state index in [1.165, 1.54) is 3.57 Å². The Labute approximate surface area is 121 Å². The number of nitrogens with zero attached hydrogens (tertiary/aromatic N) is 1. The summed E-state index contributed by atoms with van der Waals surface area (Å²) < 4.78 is 1.21. The first-order valence-corrected chi connectivity index (χ1v) is 7.09. The normalized spacial score (nSPS) is 10.1. The van der Waals surface area contributed by atoms with Crippen LogP contribution in [0.2, 0.25) is 0 Å². The van der Waals surface area contributed by atoms with Crippen LogP contribution >= 0.6 is 22.6 Å². The zero-order valence-electron chi connectivity index (χ0n) is 10.3. The van der Waals surface area contributed by atoms with Crippen molar-refractivity contribution in [3.05, 3.63) is 46.0 Å². The molecular formula is C14H16IN3. The fourth-order valence-electron chi connectivity index (χ4n) is 1.57. The highest BCUT2D eigenvalue weighted by atomic mass is 127. The fourth-order valence-corrected chi connectivity index (χ4v) is 2.11. The number of hydrogen-bond donors (Lipinski definition) is 2. The molecule has 18 heavy (non-hydrogen) atoms. The molecule has 2 rings (SSSR count). The van der Waals surface area contributed by atoms with E-state index in [1.54, 1.807) is 0 Å². The van der Waals surface area contributed by atoms with E-state index in [1.807, 2.05) is 30.3 Å². The van der Waals surface area contributed by atoms with E-state index in [4.69, 9.17) is 0 Å². The fraction of sp³-hybridized carbons (Fsp3) is 0.214. The Morgan fingerprint density at radius 3 is 2.67 bits per heavy atom. The van der Waals surface area contributed by atoms with Gasteiger partial charge < -0.3 is 10.6 Å². The Morgan fingerprint density at radius 1 is 1.11 bits per heavy atom. The Bertz CT molecular complexity index is 514. The van der Waals surface area contributed by atoms with E-state index in [-0.39, 0.29) is 0 Å². The highest BCUT2D eigenvalue weighted by molar-refractivity contribution is 14.1. The summed E-state index contributed by atoms with van der Waals surface area (Å²) in [5.41, 5.74) is 1.06. The molecule has 94 valence electrons. The maximum absolute atomic E-state index is 4.51. The second-order valence-corrected chi connectivity index (χ2v) is 5.22. The maximum atomic E-state index is 4.51. The number of rotatable bonds is 5. The number of nitrogens with one attached hydrogen (secondary N) is 2. The SMILES string of the molecule is CCCNc1cccc(Nc2cccc(I)c2)n1. The number of anilines is 3. The number of hydrogen-bond acceptors (Lipinski definition) is 3. The molecular weight excluding hydrogens is 337 g/mol. The Kier molecular flexibility index (Phi) is 4.81. The van der Waals surface area contributed by atoms with E-state index in [0.717, 1.165) is 30.3 Å². The second-order valence-electron chi connectivity index (χ2n) is 3.97. The van der Waals surface area contributed by atoms with E-state index < -0.39 is 0 Å². The Hall–Kier alpha value is -1.30. The highest BCUT2D eigenvalue weighted by Crippen LogP contribution is 2.18. The monoisotopic (exact) mass is 353 g/mol. The molecule has 0 aliphatic rings. The van der Waals surface area contributed by atoms with Gasteiger partial charge >= 0.3 is 0 Å². The van der Waals surface area contributed by atoms with Gasteiger partial charge in [0.1, 0.15) is 11.6 Å². The van der Waals surface area contributed by atoms with Crippen LogP contribution in [0.25, 0.3) is 0 Å². The van der Waals surface area contributed by atoms with Gasteiger partial charge in [-0.25, -0.2) is 4.98 Å². The number of aromatic nitrogens is 1. The summed E-state index contributed by atoms with van der Waals surface area (Å²) in [5, 5.41) is 6.58. The molecule has 0 spiro atoms. The molecule has 0 unspecified atom stereocenters. The van der Waals surface area contributed by atoms with Crippen molar-refractivity contribution in [3.8, 4) is 0 Å². The van der Waals surface area contributed by atoms with Crippen molar-refractivity contribution in [1.29, 1.82) is 0 Å². The molecule has 0 amide bonds. The summed E-state index contributed by atoms with van der Waals surface area (Å²) in [7, 11) is 0. The predicted octanol–water partition coefficient (Wildman–Crippen LogP) is 4.25. The molecule has 1 heterocycles. The van der Waals surface area contributed by atoms with Gasteiger partial charge in [0.05, 0.1) is 0 Å². The summed E-state index contributed by atoms with van der Waals surface area (Å²) in [5.74, 6) is 1.77. The van der Waals surface area contributed by atoms with Crippen LogP contribution in [0.3, 0.4) is 0 Å². The first kappa shape index (κ1) is 13.1. The molecule has 0 saturated carbocycles. The largest absolute Gasteiger partial charge is 0.370 e. The van der Waals surface area contributed by atoms with Crippen LogP contribution in [0.1, 0.15) is 13.3 Å². The third-order valence-electron chi connectivity index (χ3n) is 2.40. The Morgan fingerprint density at radius 2 is 1.89 bits per heavy atom. The van der Waals surface area contributed by atoms with E-state index in [2.05, 4.69) is 57.3 Å². The molecule has 0 bridgehead atoms. The summed E-state index contributed by atoms with van der Waals surface area (Å²) >= 11 is 2.30. The van der Waals surface area contributed by atoms with Gasteiger partial charge in [-0.05, 0) is 59.3 Å². The quantitative estimate of drug-likeness (QED) is 0.789. The van der Waals surface area contributed by atoms with Gasteiger partial charge in [0.2, 0.25) is 0 Å². The van der Waals surface area contributed by atoms with Crippen molar-refractivity contribution in [3.63, 3.8) is 0 Å². The molecule has 4 heteroatoms. The molecule has 0 aliphatic carbocycles. The third-order valence-corrected chi connectivity index (χ3v) is 3.07. The summed E-state index contributed by atoms with van der Waals surface area (Å²) in [6.45, 7) is 3.08. The lowest BCUT2D eigenvalue weighted by atomic mass is 10.3. The van der Waals surface area contributed by atoms with Crippen molar-refractivity contribution in [2.45, 2.75) is 13.3 Å². The average molecular weight is 353 g/mol. The first-order chi connectivity index (χ1) is 8.78. The van der Waals surface area contributed by atoms with Crippen molar-refractivity contribution in [2.24, 2.45) is 0 Å². The zero-order valence-corrected chi connectivity index (χ0v) is 12.4. The minimum Gasteiger partial charge on any atom is -0.370 e. The van der Waals surface area contributed by atoms with Crippen LogP contribution in [-0.4, -0.2) is 11.5 Å². The average Bonchev–Trinajstić information content (AvgIpc) is 2.37. The van der Waals surface area contributed by atoms with Crippen LogP contribution in [0.4, 0.5) is 17.3 Å². The summed E-state index contributed by atoms with van der Waals surface area (Å²) in [6.07, 6.45) is 1.09. The van der Waals surface area contributed by atoms with Crippen molar-refractivity contribution >= 4 is 39.9 Å². The number of halogens is 1. The van der Waals surface area contributed by atoms with Gasteiger partial charge in [0.25, 0.3) is 0 Å². The standard InChI is InChI=1S/C14H16IN3/c1-2-9-16-13-7-4-8-14(18-13)17-12-6-3-5-11(15)10-12/h3-8,10H,2,9H2,1H3,(H2,16,17,18). The minimum atomic E-state index is 0.859. The Balaban J connectivity index is 2.09. The van der Waals surface area contributed by atoms with Crippen LogP contribution in [0.15, 0.2) is 42.5 Å². The molecule has 0 saturated heterocycles. The lowest BCUT2D eigenvalue weighted by Gasteiger charge is -2.08. The molecule has 1 aromatic heterocycles. The molecule has 3 nitrogen and oxygen atoms in total. The van der Waals surface area contributed by atoms with E-state index in [0.29, 0.717) is 0 Å². The molecule has 0 fully saturated rings. The van der Waals surface area contributed by atoms with Gasteiger partial charge in [-0.2, -0.15) is 0 Å². The van der Waals surface area contributed by atoms with Crippen LogP contribution < -0.4 is 10.6 Å². The van der Waals surface area contributed by atoms with Crippen LogP contribution in [0, 0.1) is 3.57 Å². The molecule has 0 atom stereocenters. The van der Waals surface area contributed by atoms with Crippen molar-refractivity contribution in [2.75, 3.05) is 17.2 Å². The van der Waals surface area contributed by atoms with Crippen molar-refractivity contribution < 1.29 is 0 Å². The summed E-state index contributed by atoms with van der Waals surface area (Å²) in [4.78, 5) is 4.51. The zero-order chi connectivity index (χ0) is 12.8. The van der Waals surface area contributed by atoms with Crippen molar-refractivity contribution in [1.82, 2.24) is 4.98 Å². The molecule has 2 N–H and O–H groups in total.